The maximum absolute atomic E-state index is 11.7. The van der Waals surface area contributed by atoms with Crippen molar-refractivity contribution in [2.45, 2.75) is 13.3 Å². The van der Waals surface area contributed by atoms with E-state index in [1.807, 2.05) is 0 Å². The summed E-state index contributed by atoms with van der Waals surface area (Å²) in [6, 6.07) is 1.66. The third-order valence-electron chi connectivity index (χ3n) is 2.26. The monoisotopic (exact) mass is 235 g/mol. The van der Waals surface area contributed by atoms with Crippen molar-refractivity contribution in [3.8, 4) is 0 Å². The van der Waals surface area contributed by atoms with E-state index in [2.05, 4.69) is 20.6 Å². The first kappa shape index (κ1) is 11.3. The van der Waals surface area contributed by atoms with Crippen LogP contribution in [0.3, 0.4) is 0 Å². The SMILES string of the molecule is Cc1nc(CCNC(=O)c2ccnn2C)no1. The van der Waals surface area contributed by atoms with E-state index in [9.17, 15) is 4.79 Å². The molecule has 2 rings (SSSR count). The van der Waals surface area contributed by atoms with Gasteiger partial charge in [0.25, 0.3) is 5.91 Å². The largest absolute Gasteiger partial charge is 0.350 e. The Labute approximate surface area is 97.8 Å². The highest BCUT2D eigenvalue weighted by Gasteiger charge is 2.09. The average molecular weight is 235 g/mol. The van der Waals surface area contributed by atoms with Crippen LogP contribution in [0.5, 0.6) is 0 Å². The summed E-state index contributed by atoms with van der Waals surface area (Å²) in [5.41, 5.74) is 0.522. The smallest absolute Gasteiger partial charge is 0.269 e. The summed E-state index contributed by atoms with van der Waals surface area (Å²) < 4.78 is 6.35. The van der Waals surface area contributed by atoms with E-state index in [4.69, 9.17) is 4.52 Å². The Morgan fingerprint density at radius 2 is 2.41 bits per heavy atom. The van der Waals surface area contributed by atoms with Gasteiger partial charge in [0.1, 0.15) is 5.69 Å². The zero-order chi connectivity index (χ0) is 12.3. The molecule has 1 amide bonds. The molecule has 7 heteroatoms. The highest BCUT2D eigenvalue weighted by atomic mass is 16.5. The second kappa shape index (κ2) is 4.77. The van der Waals surface area contributed by atoms with Crippen LogP contribution >= 0.6 is 0 Å². The topological polar surface area (TPSA) is 85.8 Å². The van der Waals surface area contributed by atoms with Crippen molar-refractivity contribution in [1.82, 2.24) is 25.2 Å². The van der Waals surface area contributed by atoms with Crippen LogP contribution in [-0.4, -0.2) is 32.4 Å². The Morgan fingerprint density at radius 1 is 1.59 bits per heavy atom. The van der Waals surface area contributed by atoms with Crippen molar-refractivity contribution in [1.29, 1.82) is 0 Å². The summed E-state index contributed by atoms with van der Waals surface area (Å²) in [5.74, 6) is 0.955. The van der Waals surface area contributed by atoms with Crippen molar-refractivity contribution in [2.75, 3.05) is 6.54 Å². The van der Waals surface area contributed by atoms with E-state index in [1.54, 1.807) is 26.2 Å². The van der Waals surface area contributed by atoms with Gasteiger partial charge in [-0.25, -0.2) is 0 Å². The summed E-state index contributed by atoms with van der Waals surface area (Å²) in [6.45, 7) is 2.19. The second-order valence-corrected chi connectivity index (χ2v) is 3.58. The molecule has 0 fully saturated rings. The molecule has 0 bridgehead atoms. The number of nitrogens with one attached hydrogen (secondary N) is 1. The van der Waals surface area contributed by atoms with E-state index in [0.717, 1.165) is 0 Å². The van der Waals surface area contributed by atoms with Gasteiger partial charge in [-0.1, -0.05) is 5.16 Å². The molecular formula is C10H13N5O2. The van der Waals surface area contributed by atoms with Gasteiger partial charge in [0.05, 0.1) is 0 Å². The third kappa shape index (κ3) is 2.68. The quantitative estimate of drug-likeness (QED) is 0.811. The minimum atomic E-state index is -0.162. The fourth-order valence-corrected chi connectivity index (χ4v) is 1.42. The Bertz CT molecular complexity index is 516. The van der Waals surface area contributed by atoms with Crippen LogP contribution in [0.1, 0.15) is 22.2 Å². The van der Waals surface area contributed by atoms with Gasteiger partial charge in [-0.15, -0.1) is 0 Å². The first-order chi connectivity index (χ1) is 8.16. The number of nitrogens with zero attached hydrogens (tertiary/aromatic N) is 4. The Balaban J connectivity index is 1.83. The molecule has 0 aliphatic carbocycles. The zero-order valence-corrected chi connectivity index (χ0v) is 9.67. The molecule has 0 radical (unpaired) electrons. The molecule has 0 saturated heterocycles. The van der Waals surface area contributed by atoms with Gasteiger partial charge in [0, 0.05) is 33.1 Å². The van der Waals surface area contributed by atoms with E-state index >= 15 is 0 Å². The molecule has 0 aliphatic rings. The van der Waals surface area contributed by atoms with Crippen LogP contribution in [0.2, 0.25) is 0 Å². The van der Waals surface area contributed by atoms with Crippen LogP contribution in [0.15, 0.2) is 16.8 Å². The molecule has 0 aromatic carbocycles. The normalized spacial score (nSPS) is 10.5. The summed E-state index contributed by atoms with van der Waals surface area (Å²) in [7, 11) is 1.72. The Kier molecular flexibility index (Phi) is 3.17. The van der Waals surface area contributed by atoms with Crippen LogP contribution < -0.4 is 5.32 Å². The molecule has 7 nitrogen and oxygen atoms in total. The van der Waals surface area contributed by atoms with Gasteiger partial charge < -0.3 is 9.84 Å². The first-order valence-electron chi connectivity index (χ1n) is 5.22. The Hall–Kier alpha value is -2.18. The van der Waals surface area contributed by atoms with Crippen molar-refractivity contribution < 1.29 is 9.32 Å². The second-order valence-electron chi connectivity index (χ2n) is 3.58. The summed E-state index contributed by atoms with van der Waals surface area (Å²) in [4.78, 5) is 15.7. The number of carbonyl (C=O) groups is 1. The molecule has 0 aliphatic heterocycles. The molecule has 1 N–H and O–H groups in total. The molecule has 0 spiro atoms. The van der Waals surface area contributed by atoms with E-state index in [-0.39, 0.29) is 5.91 Å². The van der Waals surface area contributed by atoms with Crippen molar-refractivity contribution >= 4 is 5.91 Å². The lowest BCUT2D eigenvalue weighted by Gasteiger charge is -2.03. The minimum absolute atomic E-state index is 0.162. The minimum Gasteiger partial charge on any atom is -0.350 e. The number of hydrogen-bond acceptors (Lipinski definition) is 5. The molecule has 17 heavy (non-hydrogen) atoms. The number of amides is 1. The highest BCUT2D eigenvalue weighted by molar-refractivity contribution is 5.92. The van der Waals surface area contributed by atoms with Crippen LogP contribution in [0.4, 0.5) is 0 Å². The summed E-state index contributed by atoms with van der Waals surface area (Å²) in [6.07, 6.45) is 2.12. The molecule has 90 valence electrons. The molecule has 2 heterocycles. The van der Waals surface area contributed by atoms with Crippen molar-refractivity contribution in [3.63, 3.8) is 0 Å². The molecule has 2 aromatic heterocycles. The predicted molar refractivity (Wildman–Crippen MR) is 58.3 cm³/mol. The van der Waals surface area contributed by atoms with Crippen LogP contribution in [0, 0.1) is 6.92 Å². The lowest BCUT2D eigenvalue weighted by Crippen LogP contribution is -2.27. The Morgan fingerprint density at radius 3 is 3.00 bits per heavy atom. The maximum Gasteiger partial charge on any atom is 0.269 e. The van der Waals surface area contributed by atoms with Gasteiger partial charge in [0.15, 0.2) is 5.82 Å². The lowest BCUT2D eigenvalue weighted by molar-refractivity contribution is 0.0944. The molecule has 0 unspecified atom stereocenters. The molecular weight excluding hydrogens is 222 g/mol. The van der Waals surface area contributed by atoms with Gasteiger partial charge in [-0.05, 0) is 6.07 Å². The van der Waals surface area contributed by atoms with Crippen LogP contribution in [0.25, 0.3) is 0 Å². The number of rotatable bonds is 4. The predicted octanol–water partition coefficient (Wildman–Crippen LogP) is 0.0840. The van der Waals surface area contributed by atoms with Crippen molar-refractivity contribution in [2.24, 2.45) is 7.05 Å². The summed E-state index contributed by atoms with van der Waals surface area (Å²) >= 11 is 0. The van der Waals surface area contributed by atoms with Crippen molar-refractivity contribution in [3.05, 3.63) is 29.7 Å². The van der Waals surface area contributed by atoms with Gasteiger partial charge in [-0.2, -0.15) is 10.1 Å². The van der Waals surface area contributed by atoms with E-state index < -0.39 is 0 Å². The number of aromatic nitrogens is 4. The lowest BCUT2D eigenvalue weighted by atomic mass is 10.3. The maximum atomic E-state index is 11.7. The first-order valence-corrected chi connectivity index (χ1v) is 5.22. The fourth-order valence-electron chi connectivity index (χ4n) is 1.42. The fraction of sp³-hybridized carbons (Fsp3) is 0.400. The standard InChI is InChI=1S/C10H13N5O2/c1-7-13-9(14-17-7)4-5-11-10(16)8-3-6-12-15(8)2/h3,6H,4-5H2,1-2H3,(H,11,16). The van der Waals surface area contributed by atoms with Gasteiger partial charge in [0.2, 0.25) is 5.89 Å². The summed E-state index contributed by atoms with van der Waals surface area (Å²) in [5, 5.41) is 10.4. The average Bonchev–Trinajstić information content (AvgIpc) is 2.87. The molecule has 0 atom stereocenters. The zero-order valence-electron chi connectivity index (χ0n) is 9.67. The van der Waals surface area contributed by atoms with Crippen LogP contribution in [-0.2, 0) is 13.5 Å². The molecule has 2 aromatic rings. The number of aryl methyl sites for hydroxylation is 2. The van der Waals surface area contributed by atoms with E-state index in [1.165, 1.54) is 4.68 Å². The highest BCUT2D eigenvalue weighted by Crippen LogP contribution is 1.97. The number of hydrogen-bond donors (Lipinski definition) is 1. The van der Waals surface area contributed by atoms with E-state index in [0.29, 0.717) is 30.4 Å². The van der Waals surface area contributed by atoms with Gasteiger partial charge >= 0.3 is 0 Å². The number of carbonyl (C=O) groups excluding carboxylic acids is 1. The van der Waals surface area contributed by atoms with Gasteiger partial charge in [-0.3, -0.25) is 9.48 Å². The third-order valence-corrected chi connectivity index (χ3v) is 2.26. The molecule has 0 saturated carbocycles.